The lowest BCUT2D eigenvalue weighted by atomic mass is 10.2. The molecule has 0 aromatic heterocycles. The highest BCUT2D eigenvalue weighted by molar-refractivity contribution is 7.89. The van der Waals surface area contributed by atoms with E-state index in [4.69, 9.17) is 5.26 Å². The van der Waals surface area contributed by atoms with Gasteiger partial charge in [-0.05, 0) is 37.3 Å². The maximum Gasteiger partial charge on any atom is 0.241 e. The second-order valence-corrected chi connectivity index (χ2v) is 6.01. The molecule has 1 fully saturated rings. The monoisotopic (exact) mass is 250 g/mol. The number of nitrogens with one attached hydrogen (secondary N) is 1. The topological polar surface area (TPSA) is 70.0 Å². The van der Waals surface area contributed by atoms with Gasteiger partial charge >= 0.3 is 0 Å². The summed E-state index contributed by atoms with van der Waals surface area (Å²) >= 11 is 0. The van der Waals surface area contributed by atoms with E-state index in [1.165, 1.54) is 0 Å². The van der Waals surface area contributed by atoms with Gasteiger partial charge in [0, 0.05) is 0 Å². The maximum atomic E-state index is 12.1. The second-order valence-electron chi connectivity index (χ2n) is 4.33. The van der Waals surface area contributed by atoms with Gasteiger partial charge in [-0.15, -0.1) is 0 Å². The van der Waals surface area contributed by atoms with Crippen molar-refractivity contribution < 1.29 is 8.42 Å². The predicted molar refractivity (Wildman–Crippen MR) is 63.6 cm³/mol. The highest BCUT2D eigenvalue weighted by atomic mass is 32.2. The second kappa shape index (κ2) is 4.47. The standard InChI is InChI=1S/C12H14N2O2S/c1-9-4-2-3-5-12(9)17(15,16)14-11(8-13)10-6-7-10/h2-5,10-11,14H,6-7H2,1H3. The zero-order valence-electron chi connectivity index (χ0n) is 9.55. The van der Waals surface area contributed by atoms with Crippen LogP contribution in [0.4, 0.5) is 0 Å². The molecule has 0 spiro atoms. The molecule has 0 amide bonds. The van der Waals surface area contributed by atoms with Crippen LogP contribution in [0.3, 0.4) is 0 Å². The van der Waals surface area contributed by atoms with E-state index >= 15 is 0 Å². The number of rotatable bonds is 4. The zero-order valence-corrected chi connectivity index (χ0v) is 10.4. The van der Waals surface area contributed by atoms with Gasteiger partial charge in [-0.2, -0.15) is 9.98 Å². The quantitative estimate of drug-likeness (QED) is 0.882. The Morgan fingerprint density at radius 1 is 1.41 bits per heavy atom. The fourth-order valence-electron chi connectivity index (χ4n) is 1.75. The smallest absolute Gasteiger partial charge is 0.207 e. The van der Waals surface area contributed by atoms with E-state index in [9.17, 15) is 8.42 Å². The summed E-state index contributed by atoms with van der Waals surface area (Å²) in [5.41, 5.74) is 0.687. The van der Waals surface area contributed by atoms with Gasteiger partial charge in [0.1, 0.15) is 6.04 Å². The van der Waals surface area contributed by atoms with Gasteiger partial charge in [0.05, 0.1) is 11.0 Å². The Labute approximate surface area is 101 Å². The Morgan fingerprint density at radius 3 is 2.59 bits per heavy atom. The molecule has 1 unspecified atom stereocenters. The van der Waals surface area contributed by atoms with Crippen LogP contribution in [0, 0.1) is 24.2 Å². The summed E-state index contributed by atoms with van der Waals surface area (Å²) in [7, 11) is -3.58. The summed E-state index contributed by atoms with van der Waals surface area (Å²) in [6.07, 6.45) is 1.85. The van der Waals surface area contributed by atoms with Gasteiger partial charge in [-0.1, -0.05) is 18.2 Å². The number of nitriles is 1. The van der Waals surface area contributed by atoms with E-state index in [-0.39, 0.29) is 10.8 Å². The summed E-state index contributed by atoms with van der Waals surface area (Å²) < 4.78 is 26.7. The molecular formula is C12H14N2O2S. The van der Waals surface area contributed by atoms with Crippen LogP contribution in [0.1, 0.15) is 18.4 Å². The average molecular weight is 250 g/mol. The van der Waals surface area contributed by atoms with Gasteiger partial charge in [0.2, 0.25) is 10.0 Å². The van der Waals surface area contributed by atoms with Crippen LogP contribution in [0.5, 0.6) is 0 Å². The van der Waals surface area contributed by atoms with Crippen molar-refractivity contribution in [1.82, 2.24) is 4.72 Å². The van der Waals surface area contributed by atoms with Crippen LogP contribution in [-0.2, 0) is 10.0 Å². The van der Waals surface area contributed by atoms with Crippen molar-refractivity contribution in [3.63, 3.8) is 0 Å². The van der Waals surface area contributed by atoms with E-state index in [1.54, 1.807) is 31.2 Å². The number of sulfonamides is 1. The van der Waals surface area contributed by atoms with Crippen molar-refractivity contribution in [2.75, 3.05) is 0 Å². The molecule has 90 valence electrons. The van der Waals surface area contributed by atoms with Gasteiger partial charge in [-0.25, -0.2) is 8.42 Å². The van der Waals surface area contributed by atoms with E-state index < -0.39 is 16.1 Å². The van der Waals surface area contributed by atoms with Crippen LogP contribution >= 0.6 is 0 Å². The Bertz CT molecular complexity index is 556. The maximum absolute atomic E-state index is 12.1. The first-order chi connectivity index (χ1) is 8.04. The molecule has 5 heteroatoms. The third kappa shape index (κ3) is 2.65. The molecule has 0 heterocycles. The molecular weight excluding hydrogens is 236 g/mol. The summed E-state index contributed by atoms with van der Waals surface area (Å²) in [4.78, 5) is 0.251. The van der Waals surface area contributed by atoms with Crippen molar-refractivity contribution in [3.05, 3.63) is 29.8 Å². The number of nitrogens with zero attached hydrogens (tertiary/aromatic N) is 1. The van der Waals surface area contributed by atoms with Crippen LogP contribution in [0.25, 0.3) is 0 Å². The molecule has 1 aromatic carbocycles. The van der Waals surface area contributed by atoms with Crippen molar-refractivity contribution in [3.8, 4) is 6.07 Å². The lowest BCUT2D eigenvalue weighted by Crippen LogP contribution is -2.35. The van der Waals surface area contributed by atoms with E-state index in [1.807, 2.05) is 6.07 Å². The van der Waals surface area contributed by atoms with Crippen LogP contribution in [-0.4, -0.2) is 14.5 Å². The number of hydrogen-bond donors (Lipinski definition) is 1. The Kier molecular flexibility index (Phi) is 3.18. The largest absolute Gasteiger partial charge is 0.241 e. The van der Waals surface area contributed by atoms with E-state index in [0.29, 0.717) is 5.56 Å². The van der Waals surface area contributed by atoms with Gasteiger partial charge in [-0.3, -0.25) is 0 Å². The average Bonchev–Trinajstić information content (AvgIpc) is 3.10. The molecule has 1 atom stereocenters. The van der Waals surface area contributed by atoms with Crippen molar-refractivity contribution >= 4 is 10.0 Å². The molecule has 17 heavy (non-hydrogen) atoms. The summed E-state index contributed by atoms with van der Waals surface area (Å²) in [5.74, 6) is 0.179. The zero-order chi connectivity index (χ0) is 12.5. The van der Waals surface area contributed by atoms with Crippen LogP contribution < -0.4 is 4.72 Å². The highest BCUT2D eigenvalue weighted by Crippen LogP contribution is 2.33. The third-order valence-corrected chi connectivity index (χ3v) is 4.50. The summed E-state index contributed by atoms with van der Waals surface area (Å²) in [6.45, 7) is 1.74. The predicted octanol–water partition coefficient (Wildman–Crippen LogP) is 1.58. The number of aryl methyl sites for hydroxylation is 1. The van der Waals surface area contributed by atoms with Crippen molar-refractivity contribution in [2.45, 2.75) is 30.7 Å². The number of hydrogen-bond acceptors (Lipinski definition) is 3. The molecule has 1 saturated carbocycles. The molecule has 1 aliphatic rings. The van der Waals surface area contributed by atoms with Gasteiger partial charge in [0.15, 0.2) is 0 Å². The highest BCUT2D eigenvalue weighted by Gasteiger charge is 2.34. The molecule has 0 radical (unpaired) electrons. The Hall–Kier alpha value is -1.38. The SMILES string of the molecule is Cc1ccccc1S(=O)(=O)NC(C#N)C1CC1. The minimum atomic E-state index is -3.58. The molecule has 0 saturated heterocycles. The Balaban J connectivity index is 2.25. The molecule has 0 bridgehead atoms. The van der Waals surface area contributed by atoms with Crippen molar-refractivity contribution in [2.24, 2.45) is 5.92 Å². The van der Waals surface area contributed by atoms with Crippen molar-refractivity contribution in [1.29, 1.82) is 5.26 Å². The first-order valence-electron chi connectivity index (χ1n) is 5.52. The lowest BCUT2D eigenvalue weighted by molar-refractivity contribution is 0.559. The molecule has 1 aromatic rings. The Morgan fingerprint density at radius 2 is 2.06 bits per heavy atom. The fraction of sp³-hybridized carbons (Fsp3) is 0.417. The van der Waals surface area contributed by atoms with Crippen LogP contribution in [0.2, 0.25) is 0 Å². The number of benzene rings is 1. The lowest BCUT2D eigenvalue weighted by Gasteiger charge is -2.12. The van der Waals surface area contributed by atoms with E-state index in [2.05, 4.69) is 4.72 Å². The molecule has 1 N–H and O–H groups in total. The van der Waals surface area contributed by atoms with Gasteiger partial charge < -0.3 is 0 Å². The third-order valence-electron chi connectivity index (χ3n) is 2.90. The fourth-order valence-corrected chi connectivity index (χ4v) is 3.20. The first kappa shape index (κ1) is 12.1. The normalized spacial score (nSPS) is 17.4. The minimum Gasteiger partial charge on any atom is -0.207 e. The van der Waals surface area contributed by atoms with E-state index in [0.717, 1.165) is 12.8 Å². The molecule has 0 aliphatic heterocycles. The van der Waals surface area contributed by atoms with Gasteiger partial charge in [0.25, 0.3) is 0 Å². The minimum absolute atomic E-state index is 0.179. The molecule has 4 nitrogen and oxygen atoms in total. The summed E-state index contributed by atoms with van der Waals surface area (Å²) in [6, 6.07) is 8.19. The first-order valence-corrected chi connectivity index (χ1v) is 7.00. The summed E-state index contributed by atoms with van der Waals surface area (Å²) in [5, 5.41) is 8.94. The van der Waals surface area contributed by atoms with Crippen LogP contribution in [0.15, 0.2) is 29.2 Å². The molecule has 2 rings (SSSR count). The molecule has 1 aliphatic carbocycles.